The summed E-state index contributed by atoms with van der Waals surface area (Å²) in [5.41, 5.74) is -0.339. The van der Waals surface area contributed by atoms with E-state index in [0.29, 0.717) is 5.16 Å². The molecule has 0 radical (unpaired) electrons. The van der Waals surface area contributed by atoms with Crippen molar-refractivity contribution in [3.63, 3.8) is 0 Å². The Morgan fingerprint density at radius 1 is 1.86 bits per heavy atom. The molecule has 0 spiro atoms. The van der Waals surface area contributed by atoms with Crippen LogP contribution in [-0.2, 0) is 11.8 Å². The molecule has 1 aromatic rings. The average Bonchev–Trinajstić information content (AvgIpc) is 2.44. The fourth-order valence-electron chi connectivity index (χ4n) is 0.681. The maximum Gasteiger partial charge on any atom is 0.343 e. The normalized spacial score (nSPS) is 12.7. The molecule has 2 N–H and O–H groups in total. The van der Waals surface area contributed by atoms with Gasteiger partial charge >= 0.3 is 11.7 Å². The van der Waals surface area contributed by atoms with Crippen molar-refractivity contribution >= 4 is 29.3 Å². The minimum atomic E-state index is -1.08. The molecule has 1 heterocycles. The fraction of sp³-hybridized carbons (Fsp3) is 0.500. The van der Waals surface area contributed by atoms with Crippen molar-refractivity contribution < 1.29 is 9.90 Å². The van der Waals surface area contributed by atoms with E-state index in [1.54, 1.807) is 0 Å². The van der Waals surface area contributed by atoms with Crippen LogP contribution in [0.2, 0.25) is 0 Å². The molecule has 1 rings (SSSR count). The van der Waals surface area contributed by atoms with Crippen LogP contribution in [0.5, 0.6) is 0 Å². The molecular formula is C6H8ClN3O3S. The quantitative estimate of drug-likeness (QED) is 0.564. The lowest BCUT2D eigenvalue weighted by atomic mass is 10.5. The summed E-state index contributed by atoms with van der Waals surface area (Å²) in [4.78, 5) is 21.3. The second kappa shape index (κ2) is 4.52. The fourth-order valence-corrected chi connectivity index (χ4v) is 1.69. The van der Waals surface area contributed by atoms with E-state index < -0.39 is 11.3 Å². The van der Waals surface area contributed by atoms with E-state index in [4.69, 9.17) is 16.7 Å². The zero-order valence-electron chi connectivity index (χ0n) is 7.23. The number of nitrogens with one attached hydrogen (secondary N) is 1. The van der Waals surface area contributed by atoms with Gasteiger partial charge in [-0.3, -0.25) is 9.36 Å². The molecule has 0 bridgehead atoms. The Bertz CT molecular complexity index is 388. The van der Waals surface area contributed by atoms with Crippen LogP contribution < -0.4 is 5.69 Å². The van der Waals surface area contributed by atoms with Gasteiger partial charge in [-0.1, -0.05) is 11.8 Å². The number of H-pyrrole nitrogens is 1. The number of carboxylic acids is 1. The van der Waals surface area contributed by atoms with Gasteiger partial charge < -0.3 is 5.11 Å². The lowest BCUT2D eigenvalue weighted by Crippen LogP contribution is -2.17. The molecule has 0 saturated heterocycles. The summed E-state index contributed by atoms with van der Waals surface area (Å²) < 4.78 is 1.29. The lowest BCUT2D eigenvalue weighted by Gasteiger charge is -2.01. The summed E-state index contributed by atoms with van der Waals surface area (Å²) in [6.07, 6.45) is 0. The number of carbonyl (C=O) groups is 1. The molecule has 1 atom stereocenters. The van der Waals surface area contributed by atoms with Gasteiger partial charge in [0.05, 0.1) is 0 Å². The lowest BCUT2D eigenvalue weighted by molar-refractivity contribution is -0.136. The number of hydrogen-bond donors (Lipinski definition) is 2. The predicted octanol–water partition coefficient (Wildman–Crippen LogP) is -0.107. The maximum absolute atomic E-state index is 10.9. The van der Waals surface area contributed by atoms with Crippen molar-refractivity contribution in [1.82, 2.24) is 14.8 Å². The first-order valence-corrected chi connectivity index (χ1v) is 5.05. The summed E-state index contributed by atoms with van der Waals surface area (Å²) >= 11 is 6.59. The van der Waals surface area contributed by atoms with Crippen molar-refractivity contribution in [2.24, 2.45) is 7.05 Å². The third-order valence-corrected chi connectivity index (χ3v) is 3.11. The smallest absolute Gasteiger partial charge is 0.343 e. The largest absolute Gasteiger partial charge is 0.480 e. The van der Waals surface area contributed by atoms with E-state index in [0.717, 1.165) is 11.8 Å². The van der Waals surface area contributed by atoms with Gasteiger partial charge in [-0.05, 0) is 0 Å². The zero-order valence-corrected chi connectivity index (χ0v) is 8.80. The average molecular weight is 238 g/mol. The molecule has 14 heavy (non-hydrogen) atoms. The number of aromatic amines is 1. The highest BCUT2D eigenvalue weighted by molar-refractivity contribution is 7.99. The molecule has 0 aromatic carbocycles. The standard InChI is InChI=1S/C6H8ClN3O3S/c1-10-5(13)8-9-6(10)14-2-3(7)4(11)12/h3H,2H2,1H3,(H,8,13)(H,11,12). The van der Waals surface area contributed by atoms with Crippen LogP contribution >= 0.6 is 23.4 Å². The monoisotopic (exact) mass is 237 g/mol. The summed E-state index contributed by atoms with van der Waals surface area (Å²) in [6.45, 7) is 0. The Morgan fingerprint density at radius 3 is 2.93 bits per heavy atom. The highest BCUT2D eigenvalue weighted by Crippen LogP contribution is 2.15. The highest BCUT2D eigenvalue weighted by Gasteiger charge is 2.15. The van der Waals surface area contributed by atoms with E-state index in [-0.39, 0.29) is 11.4 Å². The maximum atomic E-state index is 10.9. The first kappa shape index (κ1) is 11.1. The number of hydrogen-bond acceptors (Lipinski definition) is 4. The third-order valence-electron chi connectivity index (χ3n) is 1.47. The van der Waals surface area contributed by atoms with E-state index in [2.05, 4.69) is 10.2 Å². The van der Waals surface area contributed by atoms with E-state index in [1.165, 1.54) is 11.6 Å². The van der Waals surface area contributed by atoms with Crippen molar-refractivity contribution in [3.05, 3.63) is 10.5 Å². The minimum Gasteiger partial charge on any atom is -0.480 e. The highest BCUT2D eigenvalue weighted by atomic mass is 35.5. The number of rotatable bonds is 4. The van der Waals surface area contributed by atoms with E-state index >= 15 is 0 Å². The van der Waals surface area contributed by atoms with Crippen LogP contribution in [0, 0.1) is 0 Å². The van der Waals surface area contributed by atoms with Crippen LogP contribution in [0.15, 0.2) is 9.95 Å². The van der Waals surface area contributed by atoms with Crippen molar-refractivity contribution in [2.75, 3.05) is 5.75 Å². The molecule has 1 aromatic heterocycles. The molecule has 1 unspecified atom stereocenters. The van der Waals surface area contributed by atoms with Crippen molar-refractivity contribution in [3.8, 4) is 0 Å². The van der Waals surface area contributed by atoms with Crippen LogP contribution in [0.25, 0.3) is 0 Å². The summed E-state index contributed by atoms with van der Waals surface area (Å²) in [7, 11) is 1.54. The van der Waals surface area contributed by atoms with Gasteiger partial charge in [0.2, 0.25) is 0 Å². The third kappa shape index (κ3) is 2.52. The number of aromatic nitrogens is 3. The van der Waals surface area contributed by atoms with Gasteiger partial charge in [0.25, 0.3) is 0 Å². The number of carboxylic acid groups (broad SMARTS) is 1. The van der Waals surface area contributed by atoms with Gasteiger partial charge in [-0.25, -0.2) is 9.89 Å². The molecule has 0 aliphatic carbocycles. The molecule has 78 valence electrons. The molecule has 8 heteroatoms. The second-order valence-corrected chi connectivity index (χ2v) is 4.00. The molecule has 0 saturated carbocycles. The second-order valence-electron chi connectivity index (χ2n) is 2.49. The summed E-state index contributed by atoms with van der Waals surface area (Å²) in [5.74, 6) is -0.922. The van der Waals surface area contributed by atoms with E-state index in [9.17, 15) is 9.59 Å². The van der Waals surface area contributed by atoms with E-state index in [1.807, 2.05) is 0 Å². The van der Waals surface area contributed by atoms with Crippen LogP contribution in [0.3, 0.4) is 0 Å². The molecule has 6 nitrogen and oxygen atoms in total. The Kier molecular flexibility index (Phi) is 3.59. The number of aliphatic carboxylic acids is 1. The predicted molar refractivity (Wildman–Crippen MR) is 51.8 cm³/mol. The van der Waals surface area contributed by atoms with Gasteiger partial charge in [-0.15, -0.1) is 16.7 Å². The summed E-state index contributed by atoms with van der Waals surface area (Å²) in [6, 6.07) is 0. The van der Waals surface area contributed by atoms with Gasteiger partial charge in [0, 0.05) is 12.8 Å². The minimum absolute atomic E-state index is 0.162. The first-order chi connectivity index (χ1) is 6.52. The Balaban J connectivity index is 2.58. The number of nitrogens with zero attached hydrogens (tertiary/aromatic N) is 2. The molecular weight excluding hydrogens is 230 g/mol. The Labute approximate surface area is 88.3 Å². The van der Waals surface area contributed by atoms with Crippen molar-refractivity contribution in [2.45, 2.75) is 10.5 Å². The van der Waals surface area contributed by atoms with Crippen LogP contribution in [-0.4, -0.2) is 37.0 Å². The molecule has 0 aliphatic rings. The van der Waals surface area contributed by atoms with Crippen molar-refractivity contribution in [1.29, 1.82) is 0 Å². The molecule has 0 fully saturated rings. The zero-order chi connectivity index (χ0) is 10.7. The van der Waals surface area contributed by atoms with Gasteiger partial charge in [-0.2, -0.15) is 0 Å². The summed E-state index contributed by atoms with van der Waals surface area (Å²) in [5, 5.41) is 13.9. The first-order valence-electron chi connectivity index (χ1n) is 3.63. The van der Waals surface area contributed by atoms with Crippen LogP contribution in [0.1, 0.15) is 0 Å². The van der Waals surface area contributed by atoms with Gasteiger partial charge in [0.1, 0.15) is 5.38 Å². The number of thioether (sulfide) groups is 1. The van der Waals surface area contributed by atoms with Crippen LogP contribution in [0.4, 0.5) is 0 Å². The number of halogens is 1. The Hall–Kier alpha value is -0.950. The Morgan fingerprint density at radius 2 is 2.50 bits per heavy atom. The topological polar surface area (TPSA) is 88.0 Å². The molecule has 0 amide bonds. The number of alkyl halides is 1. The SMILES string of the molecule is Cn1c(SCC(Cl)C(=O)O)n[nH]c1=O. The van der Waals surface area contributed by atoms with Gasteiger partial charge in [0.15, 0.2) is 5.16 Å². The molecule has 0 aliphatic heterocycles.